The molecule has 1 rings (SSSR count). The third-order valence-electron chi connectivity index (χ3n) is 1.83. The minimum atomic E-state index is -1.12. The van der Waals surface area contributed by atoms with E-state index in [1.165, 1.54) is 6.08 Å². The van der Waals surface area contributed by atoms with Gasteiger partial charge in [0, 0.05) is 0 Å². The third kappa shape index (κ3) is 1.78. The van der Waals surface area contributed by atoms with Crippen molar-refractivity contribution in [2.45, 2.75) is 24.7 Å². The van der Waals surface area contributed by atoms with Crippen molar-refractivity contribution in [1.29, 1.82) is 0 Å². The van der Waals surface area contributed by atoms with E-state index in [0.717, 1.165) is 0 Å². The molecule has 0 heterocycles. The van der Waals surface area contributed by atoms with E-state index in [0.29, 0.717) is 5.57 Å². The summed E-state index contributed by atoms with van der Waals surface area (Å²) in [4.78, 5) is 0. The number of aliphatic hydroxyl groups excluding tert-OH is 4. The molecular formula is C7H12O4. The maximum Gasteiger partial charge on any atom is 0.110 e. The maximum atomic E-state index is 9.09. The average molecular weight is 160 g/mol. The van der Waals surface area contributed by atoms with Gasteiger partial charge in [-0.1, -0.05) is 6.08 Å². The lowest BCUT2D eigenvalue weighted by atomic mass is 9.93. The highest BCUT2D eigenvalue weighted by Gasteiger charge is 2.28. The molecule has 0 bridgehead atoms. The molecule has 0 spiro atoms. The zero-order valence-corrected chi connectivity index (χ0v) is 6.01. The lowest BCUT2D eigenvalue weighted by molar-refractivity contribution is -0.0488. The van der Waals surface area contributed by atoms with Crippen molar-refractivity contribution in [2.75, 3.05) is 6.61 Å². The van der Waals surface area contributed by atoms with E-state index < -0.39 is 18.3 Å². The van der Waals surface area contributed by atoms with Gasteiger partial charge in [-0.25, -0.2) is 0 Å². The van der Waals surface area contributed by atoms with E-state index in [-0.39, 0.29) is 13.0 Å². The van der Waals surface area contributed by atoms with Crippen LogP contribution in [-0.2, 0) is 0 Å². The molecule has 3 unspecified atom stereocenters. The Bertz CT molecular complexity index is 166. The molecule has 1 aliphatic carbocycles. The minimum absolute atomic E-state index is 0.180. The fraction of sp³-hybridized carbons (Fsp3) is 0.714. The Morgan fingerprint density at radius 3 is 2.45 bits per heavy atom. The molecule has 4 N–H and O–H groups in total. The molecule has 64 valence electrons. The van der Waals surface area contributed by atoms with E-state index in [1.54, 1.807) is 0 Å². The van der Waals surface area contributed by atoms with E-state index >= 15 is 0 Å². The van der Waals surface area contributed by atoms with Gasteiger partial charge >= 0.3 is 0 Å². The first kappa shape index (κ1) is 8.67. The molecule has 4 heteroatoms. The smallest absolute Gasteiger partial charge is 0.110 e. The normalized spacial score (nSPS) is 38.5. The van der Waals surface area contributed by atoms with Crippen LogP contribution < -0.4 is 0 Å². The molecule has 0 aromatic carbocycles. The molecule has 0 saturated heterocycles. The summed E-state index contributed by atoms with van der Waals surface area (Å²) < 4.78 is 0. The SMILES string of the molecule is OCC1=CC(O)C(O)C(O)C1. The first-order valence-electron chi connectivity index (χ1n) is 3.49. The van der Waals surface area contributed by atoms with Crippen LogP contribution in [0.1, 0.15) is 6.42 Å². The van der Waals surface area contributed by atoms with Crippen LogP contribution in [0.3, 0.4) is 0 Å². The third-order valence-corrected chi connectivity index (χ3v) is 1.83. The van der Waals surface area contributed by atoms with Crippen LogP contribution in [0.5, 0.6) is 0 Å². The quantitative estimate of drug-likeness (QED) is 0.348. The molecule has 1 aliphatic rings. The standard InChI is InChI=1S/C7H12O4/c8-3-4-1-5(9)7(11)6(10)2-4/h1,5-11H,2-3H2. The Labute approximate surface area is 64.4 Å². The molecule has 11 heavy (non-hydrogen) atoms. The highest BCUT2D eigenvalue weighted by molar-refractivity contribution is 5.13. The van der Waals surface area contributed by atoms with Gasteiger partial charge in [0.2, 0.25) is 0 Å². The molecule has 3 atom stereocenters. The monoisotopic (exact) mass is 160 g/mol. The van der Waals surface area contributed by atoms with Gasteiger partial charge in [-0.3, -0.25) is 0 Å². The fourth-order valence-corrected chi connectivity index (χ4v) is 1.14. The lowest BCUT2D eigenvalue weighted by Crippen LogP contribution is -2.40. The molecule has 0 fully saturated rings. The molecule has 0 amide bonds. The minimum Gasteiger partial charge on any atom is -0.392 e. The van der Waals surface area contributed by atoms with Gasteiger partial charge in [-0.05, 0) is 12.0 Å². The largest absolute Gasteiger partial charge is 0.392 e. The Morgan fingerprint density at radius 1 is 1.36 bits per heavy atom. The van der Waals surface area contributed by atoms with Crippen LogP contribution in [0.25, 0.3) is 0 Å². The molecular weight excluding hydrogens is 148 g/mol. The van der Waals surface area contributed by atoms with E-state index in [1.807, 2.05) is 0 Å². The van der Waals surface area contributed by atoms with Crippen molar-refractivity contribution in [2.24, 2.45) is 0 Å². The van der Waals surface area contributed by atoms with Gasteiger partial charge in [0.25, 0.3) is 0 Å². The second-order valence-electron chi connectivity index (χ2n) is 2.74. The Morgan fingerprint density at radius 2 is 2.00 bits per heavy atom. The average Bonchev–Trinajstić information content (AvgIpc) is 1.99. The molecule has 0 radical (unpaired) electrons. The van der Waals surface area contributed by atoms with Crippen LogP contribution in [-0.4, -0.2) is 45.3 Å². The summed E-state index contributed by atoms with van der Waals surface area (Å²) in [7, 11) is 0. The highest BCUT2D eigenvalue weighted by Crippen LogP contribution is 2.18. The Hall–Kier alpha value is -0.420. The topological polar surface area (TPSA) is 80.9 Å². The van der Waals surface area contributed by atoms with Gasteiger partial charge in [0.05, 0.1) is 12.7 Å². The van der Waals surface area contributed by atoms with Crippen molar-refractivity contribution in [3.8, 4) is 0 Å². The van der Waals surface area contributed by atoms with Gasteiger partial charge in [-0.2, -0.15) is 0 Å². The lowest BCUT2D eigenvalue weighted by Gasteiger charge is -2.26. The second kappa shape index (κ2) is 3.32. The van der Waals surface area contributed by atoms with Gasteiger partial charge in [-0.15, -0.1) is 0 Å². The van der Waals surface area contributed by atoms with Crippen molar-refractivity contribution in [3.63, 3.8) is 0 Å². The Balaban J connectivity index is 2.68. The second-order valence-corrected chi connectivity index (χ2v) is 2.74. The molecule has 4 nitrogen and oxygen atoms in total. The summed E-state index contributed by atoms with van der Waals surface area (Å²) in [5.41, 5.74) is 0.565. The predicted molar refractivity (Wildman–Crippen MR) is 37.8 cm³/mol. The van der Waals surface area contributed by atoms with Crippen LogP contribution >= 0.6 is 0 Å². The van der Waals surface area contributed by atoms with Crippen LogP contribution in [0.4, 0.5) is 0 Å². The highest BCUT2D eigenvalue weighted by atomic mass is 16.4. The first-order valence-corrected chi connectivity index (χ1v) is 3.49. The number of aliphatic hydroxyl groups is 4. The van der Waals surface area contributed by atoms with Gasteiger partial charge in [0.15, 0.2) is 0 Å². The van der Waals surface area contributed by atoms with Crippen molar-refractivity contribution < 1.29 is 20.4 Å². The fourth-order valence-electron chi connectivity index (χ4n) is 1.14. The molecule has 0 aromatic rings. The van der Waals surface area contributed by atoms with Gasteiger partial charge < -0.3 is 20.4 Å². The van der Waals surface area contributed by atoms with Crippen molar-refractivity contribution >= 4 is 0 Å². The van der Waals surface area contributed by atoms with E-state index in [2.05, 4.69) is 0 Å². The summed E-state index contributed by atoms with van der Waals surface area (Å²) in [5.74, 6) is 0. The number of rotatable bonds is 1. The summed E-state index contributed by atoms with van der Waals surface area (Å²) in [5, 5.41) is 35.8. The van der Waals surface area contributed by atoms with Crippen molar-refractivity contribution in [3.05, 3.63) is 11.6 Å². The Kier molecular flexibility index (Phi) is 2.62. The van der Waals surface area contributed by atoms with Crippen LogP contribution in [0.2, 0.25) is 0 Å². The molecule has 0 aliphatic heterocycles. The van der Waals surface area contributed by atoms with Gasteiger partial charge in [0.1, 0.15) is 12.2 Å². The van der Waals surface area contributed by atoms with E-state index in [4.69, 9.17) is 20.4 Å². The summed E-state index contributed by atoms with van der Waals surface area (Å²) in [6, 6.07) is 0. The summed E-state index contributed by atoms with van der Waals surface area (Å²) in [6.45, 7) is -0.180. The van der Waals surface area contributed by atoms with Crippen LogP contribution in [0.15, 0.2) is 11.6 Å². The molecule has 0 saturated carbocycles. The summed E-state index contributed by atoms with van der Waals surface area (Å²) >= 11 is 0. The van der Waals surface area contributed by atoms with Crippen LogP contribution in [0, 0.1) is 0 Å². The number of hydrogen-bond acceptors (Lipinski definition) is 4. The zero-order valence-electron chi connectivity index (χ0n) is 6.01. The first-order chi connectivity index (χ1) is 5.15. The zero-order chi connectivity index (χ0) is 8.43. The predicted octanol–water partition coefficient (Wildman–Crippen LogP) is -1.61. The number of hydrogen-bond donors (Lipinski definition) is 4. The maximum absolute atomic E-state index is 9.09. The van der Waals surface area contributed by atoms with Crippen molar-refractivity contribution in [1.82, 2.24) is 0 Å². The van der Waals surface area contributed by atoms with E-state index in [9.17, 15) is 0 Å². The molecule has 0 aromatic heterocycles. The summed E-state index contributed by atoms with van der Waals surface area (Å²) in [6.07, 6.45) is -1.53.